The van der Waals surface area contributed by atoms with E-state index in [1.807, 2.05) is 0 Å². The lowest BCUT2D eigenvalue weighted by Crippen LogP contribution is -2.45. The molecule has 21 heavy (non-hydrogen) atoms. The Labute approximate surface area is 120 Å². The first-order chi connectivity index (χ1) is 9.91. The van der Waals surface area contributed by atoms with E-state index in [1.54, 1.807) is 0 Å². The molecule has 9 heteroatoms. The minimum absolute atomic E-state index is 0.216. The van der Waals surface area contributed by atoms with E-state index in [2.05, 4.69) is 0 Å². The normalized spacial score (nSPS) is 25.0. The van der Waals surface area contributed by atoms with E-state index in [0.717, 1.165) is 9.80 Å². The van der Waals surface area contributed by atoms with Gasteiger partial charge in [-0.15, -0.1) is 0 Å². The quantitative estimate of drug-likeness (QED) is 0.556. The average Bonchev–Trinajstić information content (AvgIpc) is 3.07. The number of hydrogen-bond donors (Lipinski definition) is 2. The molecular formula is C12H16N2O7. The number of esters is 2. The number of likely N-dealkylation sites (tertiary alicyclic amines) is 2. The van der Waals surface area contributed by atoms with Gasteiger partial charge < -0.3 is 14.9 Å². The lowest BCUT2D eigenvalue weighted by Gasteiger charge is -2.22. The standard InChI is InChI=1S/C12H16N2O7/c15-9(7-3-1-5-13(7)11(17)18)21-10(16)8-4-2-6-14(8)12(19)20/h7-8H,1-6H2,(H,17,18)(H,19,20)/t7-,8-/m0/s1. The van der Waals surface area contributed by atoms with Crippen molar-refractivity contribution in [3.05, 3.63) is 0 Å². The van der Waals surface area contributed by atoms with E-state index in [4.69, 9.17) is 14.9 Å². The maximum atomic E-state index is 11.9. The van der Waals surface area contributed by atoms with E-state index in [1.165, 1.54) is 0 Å². The van der Waals surface area contributed by atoms with Crippen molar-refractivity contribution in [1.82, 2.24) is 9.80 Å². The van der Waals surface area contributed by atoms with E-state index in [9.17, 15) is 19.2 Å². The van der Waals surface area contributed by atoms with Gasteiger partial charge in [-0.1, -0.05) is 0 Å². The molecule has 0 unspecified atom stereocenters. The maximum Gasteiger partial charge on any atom is 0.408 e. The first kappa shape index (κ1) is 15.1. The molecule has 0 aromatic heterocycles. The zero-order valence-corrected chi connectivity index (χ0v) is 11.2. The molecule has 116 valence electrons. The van der Waals surface area contributed by atoms with Crippen molar-refractivity contribution in [3.63, 3.8) is 0 Å². The SMILES string of the molecule is O=C(OC(=O)[C@@H]1CCCN1C(=O)O)[C@@H]1CCCN1C(=O)O. The molecule has 0 aromatic rings. The molecule has 2 fully saturated rings. The first-order valence-electron chi connectivity index (χ1n) is 6.66. The van der Waals surface area contributed by atoms with Gasteiger partial charge in [-0.2, -0.15) is 0 Å². The van der Waals surface area contributed by atoms with Crippen LogP contribution in [0.1, 0.15) is 25.7 Å². The predicted octanol–water partition coefficient (Wildman–Crippen LogP) is 0.341. The van der Waals surface area contributed by atoms with Crippen LogP contribution in [0.5, 0.6) is 0 Å². The van der Waals surface area contributed by atoms with E-state index >= 15 is 0 Å². The molecule has 0 radical (unpaired) electrons. The number of rotatable bonds is 2. The minimum atomic E-state index is -1.24. The molecule has 2 rings (SSSR count). The fourth-order valence-electron chi connectivity index (χ4n) is 2.72. The minimum Gasteiger partial charge on any atom is -0.465 e. The van der Waals surface area contributed by atoms with Crippen molar-refractivity contribution in [2.75, 3.05) is 13.1 Å². The highest BCUT2D eigenvalue weighted by Gasteiger charge is 2.40. The van der Waals surface area contributed by atoms with Crippen molar-refractivity contribution in [2.45, 2.75) is 37.8 Å². The van der Waals surface area contributed by atoms with Crippen LogP contribution in [-0.4, -0.2) is 69.3 Å². The molecule has 2 atom stereocenters. The molecule has 9 nitrogen and oxygen atoms in total. The highest BCUT2D eigenvalue weighted by molar-refractivity contribution is 5.93. The summed E-state index contributed by atoms with van der Waals surface area (Å²) in [4.78, 5) is 47.5. The molecule has 2 aliphatic rings. The van der Waals surface area contributed by atoms with Crippen LogP contribution in [0.15, 0.2) is 0 Å². The van der Waals surface area contributed by atoms with Gasteiger partial charge in [0.05, 0.1) is 0 Å². The fourth-order valence-corrected chi connectivity index (χ4v) is 2.72. The third-order valence-electron chi connectivity index (χ3n) is 3.74. The molecule has 0 spiro atoms. The molecular weight excluding hydrogens is 284 g/mol. The Kier molecular flexibility index (Phi) is 4.29. The smallest absolute Gasteiger partial charge is 0.408 e. The largest absolute Gasteiger partial charge is 0.465 e. The van der Waals surface area contributed by atoms with Crippen LogP contribution in [0.25, 0.3) is 0 Å². The molecule has 2 amide bonds. The van der Waals surface area contributed by atoms with Crippen molar-refractivity contribution in [1.29, 1.82) is 0 Å². The van der Waals surface area contributed by atoms with Gasteiger partial charge in [-0.3, -0.25) is 9.80 Å². The summed E-state index contributed by atoms with van der Waals surface area (Å²) < 4.78 is 4.69. The summed E-state index contributed by atoms with van der Waals surface area (Å²) in [6.07, 6.45) is -0.849. The Hall–Kier alpha value is -2.32. The molecule has 0 bridgehead atoms. The molecule has 0 aliphatic carbocycles. The molecule has 2 saturated heterocycles. The summed E-state index contributed by atoms with van der Waals surface area (Å²) in [5.74, 6) is -1.87. The molecule has 0 aromatic carbocycles. The second-order valence-electron chi connectivity index (χ2n) is 5.01. The Morgan fingerprint density at radius 1 is 0.810 bits per heavy atom. The highest BCUT2D eigenvalue weighted by Crippen LogP contribution is 2.21. The van der Waals surface area contributed by atoms with Crippen LogP contribution in [0.2, 0.25) is 0 Å². The van der Waals surface area contributed by atoms with Crippen molar-refractivity contribution in [2.24, 2.45) is 0 Å². The van der Waals surface area contributed by atoms with Crippen molar-refractivity contribution >= 4 is 24.1 Å². The monoisotopic (exact) mass is 300 g/mol. The van der Waals surface area contributed by atoms with Gasteiger partial charge >= 0.3 is 24.1 Å². The third-order valence-corrected chi connectivity index (χ3v) is 3.74. The highest BCUT2D eigenvalue weighted by atomic mass is 16.6. The van der Waals surface area contributed by atoms with Gasteiger partial charge in [0, 0.05) is 13.1 Å². The Bertz CT molecular complexity index is 436. The average molecular weight is 300 g/mol. The van der Waals surface area contributed by atoms with E-state index in [0.29, 0.717) is 25.7 Å². The first-order valence-corrected chi connectivity index (χ1v) is 6.66. The maximum absolute atomic E-state index is 11.9. The van der Waals surface area contributed by atoms with Crippen LogP contribution >= 0.6 is 0 Å². The van der Waals surface area contributed by atoms with E-state index < -0.39 is 36.2 Å². The second kappa shape index (κ2) is 5.98. The Morgan fingerprint density at radius 3 is 1.52 bits per heavy atom. The van der Waals surface area contributed by atoms with Crippen LogP contribution < -0.4 is 0 Å². The van der Waals surface area contributed by atoms with Crippen LogP contribution in [0.3, 0.4) is 0 Å². The number of carbonyl (C=O) groups excluding carboxylic acids is 2. The van der Waals surface area contributed by atoms with Crippen molar-refractivity contribution in [3.8, 4) is 0 Å². The van der Waals surface area contributed by atoms with Crippen LogP contribution in [0, 0.1) is 0 Å². The number of amides is 2. The van der Waals surface area contributed by atoms with Gasteiger partial charge in [-0.05, 0) is 25.7 Å². The summed E-state index contributed by atoms with van der Waals surface area (Å²) >= 11 is 0. The Morgan fingerprint density at radius 2 is 1.19 bits per heavy atom. The topological polar surface area (TPSA) is 124 Å². The van der Waals surface area contributed by atoms with Gasteiger partial charge in [0.1, 0.15) is 12.1 Å². The number of carbonyl (C=O) groups is 4. The molecule has 0 saturated carbocycles. The lowest BCUT2D eigenvalue weighted by atomic mass is 10.2. The van der Waals surface area contributed by atoms with Gasteiger partial charge in [-0.25, -0.2) is 19.2 Å². The fraction of sp³-hybridized carbons (Fsp3) is 0.667. The molecule has 2 heterocycles. The summed E-state index contributed by atoms with van der Waals surface area (Å²) in [7, 11) is 0. The van der Waals surface area contributed by atoms with Crippen LogP contribution in [-0.2, 0) is 14.3 Å². The zero-order valence-electron chi connectivity index (χ0n) is 11.2. The predicted molar refractivity (Wildman–Crippen MR) is 66.6 cm³/mol. The van der Waals surface area contributed by atoms with Crippen molar-refractivity contribution < 1.29 is 34.1 Å². The van der Waals surface area contributed by atoms with Gasteiger partial charge in [0.15, 0.2) is 0 Å². The van der Waals surface area contributed by atoms with Crippen LogP contribution in [0.4, 0.5) is 9.59 Å². The van der Waals surface area contributed by atoms with Gasteiger partial charge in [0.25, 0.3) is 0 Å². The Balaban J connectivity index is 1.97. The summed E-state index contributed by atoms with van der Waals surface area (Å²) in [6.45, 7) is 0.432. The summed E-state index contributed by atoms with van der Waals surface area (Å²) in [5, 5.41) is 17.9. The third kappa shape index (κ3) is 3.06. The zero-order chi connectivity index (χ0) is 15.6. The summed E-state index contributed by atoms with van der Waals surface area (Å²) in [6, 6.07) is -1.99. The van der Waals surface area contributed by atoms with E-state index in [-0.39, 0.29) is 13.1 Å². The lowest BCUT2D eigenvalue weighted by molar-refractivity contribution is -0.165. The molecule has 2 aliphatic heterocycles. The number of nitrogens with zero attached hydrogens (tertiary/aromatic N) is 2. The molecule has 2 N–H and O–H groups in total. The second-order valence-corrected chi connectivity index (χ2v) is 5.01. The number of carboxylic acid groups (broad SMARTS) is 2. The number of ether oxygens (including phenoxy) is 1. The summed E-state index contributed by atoms with van der Waals surface area (Å²) in [5.41, 5.74) is 0. The van der Waals surface area contributed by atoms with Gasteiger partial charge in [0.2, 0.25) is 0 Å². The number of hydrogen-bond acceptors (Lipinski definition) is 5.